The first-order valence-electron chi connectivity index (χ1n) is 7.79. The van der Waals surface area contributed by atoms with Crippen LogP contribution in [0.3, 0.4) is 0 Å². The Labute approximate surface area is 126 Å². The van der Waals surface area contributed by atoms with Crippen molar-refractivity contribution in [3.8, 4) is 0 Å². The van der Waals surface area contributed by atoms with E-state index in [2.05, 4.69) is 58.3 Å². The molecule has 0 amide bonds. The van der Waals surface area contributed by atoms with Crippen molar-refractivity contribution in [3.05, 3.63) is 47.2 Å². The third kappa shape index (κ3) is 2.39. The average Bonchev–Trinajstić information content (AvgIpc) is 2.90. The van der Waals surface area contributed by atoms with E-state index >= 15 is 0 Å². The highest BCUT2D eigenvalue weighted by atomic mass is 15.5. The molecular weight excluding hydrogens is 260 g/mol. The van der Waals surface area contributed by atoms with Gasteiger partial charge in [0.1, 0.15) is 0 Å². The average molecular weight is 282 g/mol. The molecule has 3 heterocycles. The van der Waals surface area contributed by atoms with E-state index in [1.54, 1.807) is 0 Å². The first-order valence-corrected chi connectivity index (χ1v) is 7.79. The molecule has 4 nitrogen and oxygen atoms in total. The van der Waals surface area contributed by atoms with E-state index in [0.29, 0.717) is 0 Å². The van der Waals surface area contributed by atoms with Gasteiger partial charge in [0.2, 0.25) is 0 Å². The minimum Gasteiger partial charge on any atom is -0.339 e. The van der Waals surface area contributed by atoms with E-state index in [9.17, 15) is 0 Å². The number of likely N-dealkylation sites (N-methyl/N-ethyl adjacent to an activating group) is 1. The second kappa shape index (κ2) is 5.28. The van der Waals surface area contributed by atoms with Gasteiger partial charge < -0.3 is 4.90 Å². The summed E-state index contributed by atoms with van der Waals surface area (Å²) < 4.78 is 0. The lowest BCUT2D eigenvalue weighted by atomic mass is 10.0. The normalized spacial score (nSPS) is 26.1. The molecule has 4 heteroatoms. The van der Waals surface area contributed by atoms with Gasteiger partial charge in [-0.3, -0.25) is 14.8 Å². The summed E-state index contributed by atoms with van der Waals surface area (Å²) in [5.41, 5.74) is 4.35. The number of fused-ring (bicyclic) bond motifs is 2. The molecule has 0 aromatic heterocycles. The first-order chi connectivity index (χ1) is 10.3. The highest BCUT2D eigenvalue weighted by Crippen LogP contribution is 2.30. The number of hydrogen-bond acceptors (Lipinski definition) is 4. The van der Waals surface area contributed by atoms with Crippen LogP contribution in [0.15, 0.2) is 46.6 Å². The molecule has 0 spiro atoms. The molecule has 1 aromatic rings. The van der Waals surface area contributed by atoms with Crippen molar-refractivity contribution in [2.45, 2.75) is 19.3 Å². The number of benzene rings is 1. The summed E-state index contributed by atoms with van der Waals surface area (Å²) in [6.07, 6.45) is 3.53. The molecule has 1 saturated heterocycles. The summed E-state index contributed by atoms with van der Waals surface area (Å²) in [7, 11) is 2.16. The van der Waals surface area contributed by atoms with Crippen molar-refractivity contribution in [2.24, 2.45) is 4.99 Å². The summed E-state index contributed by atoms with van der Waals surface area (Å²) in [4.78, 5) is 12.1. The van der Waals surface area contributed by atoms with Gasteiger partial charge in [-0.1, -0.05) is 30.3 Å². The molecule has 1 unspecified atom stereocenters. The molecule has 0 N–H and O–H groups in total. The van der Waals surface area contributed by atoms with Crippen LogP contribution in [0.2, 0.25) is 0 Å². The Morgan fingerprint density at radius 2 is 2.00 bits per heavy atom. The fourth-order valence-electron chi connectivity index (χ4n) is 3.62. The van der Waals surface area contributed by atoms with Gasteiger partial charge in [-0.2, -0.15) is 0 Å². The minimum atomic E-state index is 0.254. The number of aliphatic imine (C=N–C) groups is 1. The lowest BCUT2D eigenvalue weighted by Gasteiger charge is -2.38. The van der Waals surface area contributed by atoms with E-state index in [1.807, 2.05) is 0 Å². The zero-order chi connectivity index (χ0) is 14.2. The van der Waals surface area contributed by atoms with Gasteiger partial charge in [-0.25, -0.2) is 0 Å². The van der Waals surface area contributed by atoms with Crippen molar-refractivity contribution < 1.29 is 0 Å². The molecule has 0 aliphatic carbocycles. The van der Waals surface area contributed by atoms with E-state index in [4.69, 9.17) is 4.99 Å². The number of hydrogen-bond donors (Lipinski definition) is 0. The van der Waals surface area contributed by atoms with Crippen LogP contribution in [0, 0.1) is 0 Å². The summed E-state index contributed by atoms with van der Waals surface area (Å²) in [6, 6.07) is 10.8. The minimum absolute atomic E-state index is 0.254. The molecule has 1 atom stereocenters. The molecular formula is C17H22N4. The van der Waals surface area contributed by atoms with Crippen LogP contribution in [0.25, 0.3) is 0 Å². The van der Waals surface area contributed by atoms with Gasteiger partial charge in [0.25, 0.3) is 0 Å². The Kier molecular flexibility index (Phi) is 3.28. The van der Waals surface area contributed by atoms with Gasteiger partial charge in [0.15, 0.2) is 6.29 Å². The zero-order valence-electron chi connectivity index (χ0n) is 12.6. The molecule has 1 aromatic carbocycles. The molecule has 0 saturated carbocycles. The van der Waals surface area contributed by atoms with E-state index in [-0.39, 0.29) is 6.29 Å². The second-order valence-electron chi connectivity index (χ2n) is 6.22. The summed E-state index contributed by atoms with van der Waals surface area (Å²) >= 11 is 0. The summed E-state index contributed by atoms with van der Waals surface area (Å²) in [5.74, 6) is 0. The molecule has 3 aliphatic heterocycles. The molecule has 4 rings (SSSR count). The Bertz CT molecular complexity index is 578. The van der Waals surface area contributed by atoms with Crippen LogP contribution in [0.4, 0.5) is 0 Å². The second-order valence-corrected chi connectivity index (χ2v) is 6.22. The third-order valence-corrected chi connectivity index (χ3v) is 4.76. The van der Waals surface area contributed by atoms with Gasteiger partial charge in [-0.15, -0.1) is 0 Å². The van der Waals surface area contributed by atoms with E-state index < -0.39 is 0 Å². The largest absolute Gasteiger partial charge is 0.339 e. The summed E-state index contributed by atoms with van der Waals surface area (Å²) in [6.45, 7) is 5.45. The first kappa shape index (κ1) is 13.0. The maximum Gasteiger partial charge on any atom is 0.178 e. The zero-order valence-corrected chi connectivity index (χ0v) is 12.6. The predicted octanol–water partition coefficient (Wildman–Crippen LogP) is 1.76. The van der Waals surface area contributed by atoms with E-state index in [0.717, 1.165) is 39.1 Å². The van der Waals surface area contributed by atoms with Gasteiger partial charge in [0, 0.05) is 56.6 Å². The molecule has 0 radical (unpaired) electrons. The highest BCUT2D eigenvalue weighted by molar-refractivity contribution is 5.81. The van der Waals surface area contributed by atoms with Crippen LogP contribution in [0.1, 0.15) is 12.0 Å². The van der Waals surface area contributed by atoms with Gasteiger partial charge >= 0.3 is 0 Å². The van der Waals surface area contributed by atoms with Crippen LogP contribution >= 0.6 is 0 Å². The Morgan fingerprint density at radius 1 is 1.14 bits per heavy atom. The molecule has 1 fully saturated rings. The van der Waals surface area contributed by atoms with E-state index in [1.165, 1.54) is 16.8 Å². The van der Waals surface area contributed by atoms with Crippen molar-refractivity contribution >= 4 is 6.21 Å². The molecule has 21 heavy (non-hydrogen) atoms. The molecule has 3 aliphatic rings. The number of nitrogens with zero attached hydrogens (tertiary/aromatic N) is 4. The highest BCUT2D eigenvalue weighted by Gasteiger charge is 2.35. The van der Waals surface area contributed by atoms with Crippen molar-refractivity contribution in [1.82, 2.24) is 14.7 Å². The standard InChI is InChI=1S/C17H22N4/c1-19-9-10-21-16-7-8-20(12-14-5-3-2-4-6-14)13-15(16)11-18-17(19)21/h2-6,11,17H,7-10,12-13H2,1H3. The molecule has 0 bridgehead atoms. The van der Waals surface area contributed by atoms with Gasteiger partial charge in [-0.05, 0) is 12.6 Å². The fraction of sp³-hybridized carbons (Fsp3) is 0.471. The molecule has 110 valence electrons. The van der Waals surface area contributed by atoms with Crippen molar-refractivity contribution in [2.75, 3.05) is 33.2 Å². The fourth-order valence-corrected chi connectivity index (χ4v) is 3.62. The SMILES string of the molecule is CN1CCN2C3=C(C=NC12)CN(Cc1ccccc1)CC3. The monoisotopic (exact) mass is 282 g/mol. The Hall–Kier alpha value is -1.65. The lowest BCUT2D eigenvalue weighted by Crippen LogP contribution is -2.43. The van der Waals surface area contributed by atoms with Crippen LogP contribution in [0.5, 0.6) is 0 Å². The quantitative estimate of drug-likeness (QED) is 0.825. The van der Waals surface area contributed by atoms with Crippen LogP contribution < -0.4 is 0 Å². The van der Waals surface area contributed by atoms with Gasteiger partial charge in [0.05, 0.1) is 0 Å². The number of rotatable bonds is 2. The van der Waals surface area contributed by atoms with Crippen molar-refractivity contribution in [1.29, 1.82) is 0 Å². The Balaban J connectivity index is 1.49. The lowest BCUT2D eigenvalue weighted by molar-refractivity contribution is 0.176. The Morgan fingerprint density at radius 3 is 2.86 bits per heavy atom. The maximum atomic E-state index is 4.74. The smallest absolute Gasteiger partial charge is 0.178 e. The predicted molar refractivity (Wildman–Crippen MR) is 85.0 cm³/mol. The van der Waals surface area contributed by atoms with Crippen LogP contribution in [-0.4, -0.2) is 60.4 Å². The van der Waals surface area contributed by atoms with Crippen LogP contribution in [-0.2, 0) is 6.54 Å². The van der Waals surface area contributed by atoms with Crippen molar-refractivity contribution in [3.63, 3.8) is 0 Å². The third-order valence-electron chi connectivity index (χ3n) is 4.76. The maximum absolute atomic E-state index is 4.74. The topological polar surface area (TPSA) is 22.1 Å². The summed E-state index contributed by atoms with van der Waals surface area (Å²) in [5, 5.41) is 0.